The first-order valence-corrected chi connectivity index (χ1v) is 12.1. The fraction of sp³-hybridized carbons (Fsp3) is 0.435. The fourth-order valence-corrected chi connectivity index (χ4v) is 4.92. The van der Waals surface area contributed by atoms with Gasteiger partial charge in [-0.3, -0.25) is 4.79 Å². The molecule has 2 aromatic rings. The first kappa shape index (κ1) is 22.3. The summed E-state index contributed by atoms with van der Waals surface area (Å²) in [5.74, 6) is 0.575. The third-order valence-electron chi connectivity index (χ3n) is 5.18. The summed E-state index contributed by atoms with van der Waals surface area (Å²) >= 11 is 0. The Bertz CT molecular complexity index is 936. The Morgan fingerprint density at radius 1 is 1.07 bits per heavy atom. The summed E-state index contributed by atoms with van der Waals surface area (Å²) in [6.45, 7) is 3.91. The van der Waals surface area contributed by atoms with Crippen molar-refractivity contribution in [2.24, 2.45) is 0 Å². The minimum Gasteiger partial charge on any atom is -0.491 e. The Morgan fingerprint density at radius 2 is 1.77 bits per heavy atom. The molecule has 0 spiro atoms. The number of carbonyl (C=O) groups is 1. The van der Waals surface area contributed by atoms with Crippen LogP contribution in [0.15, 0.2) is 53.4 Å². The van der Waals surface area contributed by atoms with Crippen LogP contribution in [0.2, 0.25) is 0 Å². The fourth-order valence-electron chi connectivity index (χ4n) is 3.40. The van der Waals surface area contributed by atoms with Crippen LogP contribution in [0.5, 0.6) is 5.75 Å². The van der Waals surface area contributed by atoms with E-state index in [-0.39, 0.29) is 5.91 Å². The van der Waals surface area contributed by atoms with E-state index in [1.54, 1.807) is 24.3 Å². The highest BCUT2D eigenvalue weighted by molar-refractivity contribution is 7.89. The van der Waals surface area contributed by atoms with Crippen molar-refractivity contribution >= 4 is 21.6 Å². The van der Waals surface area contributed by atoms with Gasteiger partial charge in [0, 0.05) is 19.5 Å². The van der Waals surface area contributed by atoms with Gasteiger partial charge in [-0.25, -0.2) is 8.42 Å². The van der Waals surface area contributed by atoms with Crippen LogP contribution in [0.25, 0.3) is 0 Å². The third kappa shape index (κ3) is 5.83. The number of para-hydroxylation sites is 2. The Labute approximate surface area is 179 Å². The number of amides is 1. The van der Waals surface area contributed by atoms with E-state index < -0.39 is 10.0 Å². The summed E-state index contributed by atoms with van der Waals surface area (Å²) in [4.78, 5) is 12.7. The number of rotatable bonds is 10. The number of hydrogen-bond donors (Lipinski definition) is 1. The Morgan fingerprint density at radius 3 is 2.47 bits per heavy atom. The highest BCUT2D eigenvalue weighted by Gasteiger charge is 2.26. The molecule has 1 saturated heterocycles. The smallest absolute Gasteiger partial charge is 0.243 e. The maximum absolute atomic E-state index is 12.6. The lowest BCUT2D eigenvalue weighted by molar-refractivity contribution is -0.116. The normalized spacial score (nSPS) is 14.6. The predicted molar refractivity (Wildman–Crippen MR) is 118 cm³/mol. The van der Waals surface area contributed by atoms with Gasteiger partial charge in [0.05, 0.1) is 17.2 Å². The van der Waals surface area contributed by atoms with E-state index in [0.717, 1.165) is 31.2 Å². The van der Waals surface area contributed by atoms with Gasteiger partial charge < -0.3 is 10.1 Å². The van der Waals surface area contributed by atoms with Crippen LogP contribution in [-0.4, -0.2) is 38.3 Å². The molecule has 0 bridgehead atoms. The van der Waals surface area contributed by atoms with Gasteiger partial charge in [-0.05, 0) is 55.5 Å². The van der Waals surface area contributed by atoms with Crippen LogP contribution in [-0.2, 0) is 21.2 Å². The van der Waals surface area contributed by atoms with Crippen molar-refractivity contribution in [3.8, 4) is 5.75 Å². The van der Waals surface area contributed by atoms with E-state index >= 15 is 0 Å². The summed E-state index contributed by atoms with van der Waals surface area (Å²) < 4.78 is 32.5. The van der Waals surface area contributed by atoms with E-state index in [1.807, 2.05) is 24.3 Å². The quantitative estimate of drug-likeness (QED) is 0.573. The molecule has 1 fully saturated rings. The number of hydrogen-bond acceptors (Lipinski definition) is 4. The zero-order valence-corrected chi connectivity index (χ0v) is 18.3. The summed E-state index contributed by atoms with van der Waals surface area (Å²) in [6.07, 6.45) is 4.69. The molecule has 6 nitrogen and oxygen atoms in total. The molecule has 0 atom stereocenters. The van der Waals surface area contributed by atoms with Gasteiger partial charge in [0.1, 0.15) is 5.75 Å². The van der Waals surface area contributed by atoms with Crippen LogP contribution in [0.4, 0.5) is 5.69 Å². The van der Waals surface area contributed by atoms with Gasteiger partial charge in [0.15, 0.2) is 0 Å². The van der Waals surface area contributed by atoms with Gasteiger partial charge in [0.25, 0.3) is 0 Å². The number of sulfonamides is 1. The summed E-state index contributed by atoms with van der Waals surface area (Å²) in [5, 5.41) is 2.91. The Balaban J connectivity index is 1.54. The molecule has 7 heteroatoms. The van der Waals surface area contributed by atoms with E-state index in [9.17, 15) is 13.2 Å². The van der Waals surface area contributed by atoms with Gasteiger partial charge in [-0.15, -0.1) is 0 Å². The SMILES string of the molecule is CCCCOc1ccccc1NC(=O)CCc1ccc(S(=O)(=O)N2CCCC2)cc1. The highest BCUT2D eigenvalue weighted by atomic mass is 32.2. The number of nitrogens with one attached hydrogen (secondary N) is 1. The molecular formula is C23H30N2O4S. The monoisotopic (exact) mass is 430 g/mol. The Kier molecular flexibility index (Phi) is 7.87. The van der Waals surface area contributed by atoms with Crippen LogP contribution in [0.1, 0.15) is 44.6 Å². The first-order chi connectivity index (χ1) is 14.5. The molecule has 1 aliphatic rings. The maximum Gasteiger partial charge on any atom is 0.243 e. The second kappa shape index (κ2) is 10.6. The highest BCUT2D eigenvalue weighted by Crippen LogP contribution is 2.25. The zero-order chi connectivity index (χ0) is 21.4. The average Bonchev–Trinajstić information content (AvgIpc) is 3.30. The van der Waals surface area contributed by atoms with Crippen molar-refractivity contribution in [2.75, 3.05) is 25.0 Å². The van der Waals surface area contributed by atoms with Crippen molar-refractivity contribution in [1.82, 2.24) is 4.31 Å². The van der Waals surface area contributed by atoms with Crippen LogP contribution in [0, 0.1) is 0 Å². The van der Waals surface area contributed by atoms with Crippen molar-refractivity contribution in [3.63, 3.8) is 0 Å². The minimum atomic E-state index is -3.40. The predicted octanol–water partition coefficient (Wildman–Crippen LogP) is 4.22. The molecule has 3 rings (SSSR count). The van der Waals surface area contributed by atoms with Gasteiger partial charge >= 0.3 is 0 Å². The third-order valence-corrected chi connectivity index (χ3v) is 7.10. The molecule has 0 saturated carbocycles. The van der Waals surface area contributed by atoms with Crippen molar-refractivity contribution < 1.29 is 17.9 Å². The van der Waals surface area contributed by atoms with Crippen LogP contribution < -0.4 is 10.1 Å². The molecule has 162 valence electrons. The topological polar surface area (TPSA) is 75.7 Å². The lowest BCUT2D eigenvalue weighted by Crippen LogP contribution is -2.27. The Hall–Kier alpha value is -2.38. The molecule has 0 radical (unpaired) electrons. The maximum atomic E-state index is 12.6. The molecule has 2 aromatic carbocycles. The van der Waals surface area contributed by atoms with E-state index in [1.165, 1.54) is 4.31 Å². The minimum absolute atomic E-state index is 0.102. The molecule has 0 aliphatic carbocycles. The number of anilines is 1. The second-order valence-electron chi connectivity index (χ2n) is 7.50. The van der Waals surface area contributed by atoms with Crippen molar-refractivity contribution in [3.05, 3.63) is 54.1 Å². The molecule has 30 heavy (non-hydrogen) atoms. The van der Waals surface area contributed by atoms with Crippen molar-refractivity contribution in [1.29, 1.82) is 0 Å². The standard InChI is InChI=1S/C23H30N2O4S/c1-2-3-18-29-22-9-5-4-8-21(22)24-23(26)15-12-19-10-13-20(14-11-19)30(27,28)25-16-6-7-17-25/h4-5,8-11,13-14H,2-3,6-7,12,15-18H2,1H3,(H,24,26). The molecule has 1 heterocycles. The van der Waals surface area contributed by atoms with E-state index in [2.05, 4.69) is 12.2 Å². The number of ether oxygens (including phenoxy) is 1. The molecule has 1 N–H and O–H groups in total. The van der Waals surface area contributed by atoms with Crippen LogP contribution in [0.3, 0.4) is 0 Å². The molecular weight excluding hydrogens is 400 g/mol. The zero-order valence-electron chi connectivity index (χ0n) is 17.5. The van der Waals surface area contributed by atoms with Gasteiger partial charge in [-0.2, -0.15) is 4.31 Å². The summed E-state index contributed by atoms with van der Waals surface area (Å²) in [5.41, 5.74) is 1.60. The number of nitrogens with zero attached hydrogens (tertiary/aromatic N) is 1. The lowest BCUT2D eigenvalue weighted by Gasteiger charge is -2.15. The van der Waals surface area contributed by atoms with Gasteiger partial charge in [-0.1, -0.05) is 37.6 Å². The lowest BCUT2D eigenvalue weighted by atomic mass is 10.1. The second-order valence-corrected chi connectivity index (χ2v) is 9.44. The van der Waals surface area contributed by atoms with E-state index in [4.69, 9.17) is 4.74 Å². The molecule has 0 unspecified atom stereocenters. The van der Waals surface area contributed by atoms with Gasteiger partial charge in [0.2, 0.25) is 15.9 Å². The average molecular weight is 431 g/mol. The van der Waals surface area contributed by atoms with E-state index in [0.29, 0.717) is 48.9 Å². The summed E-state index contributed by atoms with van der Waals surface area (Å²) in [7, 11) is -3.40. The molecule has 1 aliphatic heterocycles. The first-order valence-electron chi connectivity index (χ1n) is 10.6. The van der Waals surface area contributed by atoms with Crippen LogP contribution >= 0.6 is 0 Å². The summed E-state index contributed by atoms with van der Waals surface area (Å²) in [6, 6.07) is 14.3. The largest absolute Gasteiger partial charge is 0.491 e. The number of benzene rings is 2. The molecule has 0 aromatic heterocycles. The number of carbonyl (C=O) groups excluding carboxylic acids is 1. The number of unbranched alkanes of at least 4 members (excludes halogenated alkanes) is 1. The van der Waals surface area contributed by atoms with Crippen molar-refractivity contribution in [2.45, 2.75) is 50.3 Å². The molecule has 1 amide bonds. The number of aryl methyl sites for hydroxylation is 1.